The van der Waals surface area contributed by atoms with E-state index in [1.807, 2.05) is 35.2 Å². The Balaban J connectivity index is 1.26. The number of amides is 3. The van der Waals surface area contributed by atoms with Crippen molar-refractivity contribution in [1.82, 2.24) is 4.90 Å². The highest BCUT2D eigenvalue weighted by molar-refractivity contribution is 6.06. The average molecular weight is 471 g/mol. The zero-order chi connectivity index (χ0) is 24.6. The van der Waals surface area contributed by atoms with E-state index in [4.69, 9.17) is 0 Å². The van der Waals surface area contributed by atoms with Crippen LogP contribution in [0.15, 0.2) is 78.9 Å². The normalized spacial score (nSPS) is 13.1. The summed E-state index contributed by atoms with van der Waals surface area (Å²) in [5.74, 6) is -0.270. The molecule has 0 bridgehead atoms. The molecule has 1 aliphatic rings. The lowest BCUT2D eigenvalue weighted by Crippen LogP contribution is -2.35. The summed E-state index contributed by atoms with van der Waals surface area (Å²) >= 11 is 0. The van der Waals surface area contributed by atoms with Gasteiger partial charge in [0.2, 0.25) is 5.91 Å². The molecule has 0 spiro atoms. The molecule has 0 radical (unpaired) electrons. The maximum atomic E-state index is 12.7. The minimum atomic E-state index is -0.205. The maximum absolute atomic E-state index is 12.7. The van der Waals surface area contributed by atoms with Crippen molar-refractivity contribution in [3.05, 3.63) is 90.0 Å². The van der Waals surface area contributed by atoms with Gasteiger partial charge < -0.3 is 20.4 Å². The molecule has 0 atom stereocenters. The van der Waals surface area contributed by atoms with Gasteiger partial charge in [0.15, 0.2) is 0 Å². The van der Waals surface area contributed by atoms with Gasteiger partial charge in [-0.15, -0.1) is 0 Å². The highest BCUT2D eigenvalue weighted by Crippen LogP contribution is 2.18. The molecular formula is C28H30N4O3. The Bertz CT molecular complexity index is 1160. The number of hydrogen-bond acceptors (Lipinski definition) is 4. The van der Waals surface area contributed by atoms with E-state index < -0.39 is 0 Å². The average Bonchev–Trinajstić information content (AvgIpc) is 2.92. The number of likely N-dealkylation sites (tertiary alicyclic amines) is 1. The standard InChI is InChI=1S/C28H30N4O3/c1-31(25-8-4-2-5-9-25)27(34)21-10-14-23(15-11-21)29-20-26(33)30-24-16-12-22(13-17-24)28(35)32-18-6-3-7-19-32/h2,4-5,8-17,29H,3,6-7,18-20H2,1H3,(H,30,33). The third-order valence-corrected chi connectivity index (χ3v) is 6.09. The number of nitrogens with zero attached hydrogens (tertiary/aromatic N) is 2. The van der Waals surface area contributed by atoms with Crippen LogP contribution in [0.2, 0.25) is 0 Å². The molecular weight excluding hydrogens is 440 g/mol. The first-order valence-corrected chi connectivity index (χ1v) is 11.9. The molecule has 3 aromatic rings. The van der Waals surface area contributed by atoms with Crippen molar-refractivity contribution >= 4 is 34.8 Å². The molecule has 180 valence electrons. The Morgan fingerprint density at radius 2 is 1.37 bits per heavy atom. The Kier molecular flexibility index (Phi) is 7.77. The summed E-state index contributed by atoms with van der Waals surface area (Å²) in [6.07, 6.45) is 3.28. The topological polar surface area (TPSA) is 81.8 Å². The highest BCUT2D eigenvalue weighted by atomic mass is 16.2. The van der Waals surface area contributed by atoms with Crippen LogP contribution < -0.4 is 15.5 Å². The van der Waals surface area contributed by atoms with Crippen molar-refractivity contribution in [2.45, 2.75) is 19.3 Å². The summed E-state index contributed by atoms with van der Waals surface area (Å²) in [7, 11) is 1.74. The quantitative estimate of drug-likeness (QED) is 0.527. The van der Waals surface area contributed by atoms with Crippen LogP contribution >= 0.6 is 0 Å². The minimum absolute atomic E-state index is 0.0427. The maximum Gasteiger partial charge on any atom is 0.258 e. The first-order valence-electron chi connectivity index (χ1n) is 11.9. The van der Waals surface area contributed by atoms with E-state index in [-0.39, 0.29) is 24.3 Å². The number of rotatable bonds is 7. The van der Waals surface area contributed by atoms with Gasteiger partial charge in [0, 0.05) is 48.3 Å². The summed E-state index contributed by atoms with van der Waals surface area (Å²) in [5.41, 5.74) is 3.39. The van der Waals surface area contributed by atoms with Gasteiger partial charge in [-0.1, -0.05) is 18.2 Å². The smallest absolute Gasteiger partial charge is 0.258 e. The van der Waals surface area contributed by atoms with Gasteiger partial charge >= 0.3 is 0 Å². The third kappa shape index (κ3) is 6.26. The van der Waals surface area contributed by atoms with Crippen LogP contribution in [0.4, 0.5) is 17.1 Å². The zero-order valence-electron chi connectivity index (χ0n) is 19.9. The monoisotopic (exact) mass is 470 g/mol. The lowest BCUT2D eigenvalue weighted by molar-refractivity contribution is -0.114. The largest absolute Gasteiger partial charge is 0.376 e. The molecule has 2 N–H and O–H groups in total. The van der Waals surface area contributed by atoms with E-state index >= 15 is 0 Å². The predicted octanol–water partition coefficient (Wildman–Crippen LogP) is 4.64. The lowest BCUT2D eigenvalue weighted by atomic mass is 10.1. The van der Waals surface area contributed by atoms with Crippen LogP contribution in [0, 0.1) is 0 Å². The van der Waals surface area contributed by atoms with Gasteiger partial charge in [-0.3, -0.25) is 14.4 Å². The van der Waals surface area contributed by atoms with Crippen LogP contribution in [0.5, 0.6) is 0 Å². The van der Waals surface area contributed by atoms with Crippen molar-refractivity contribution in [3.8, 4) is 0 Å². The molecule has 7 heteroatoms. The SMILES string of the molecule is CN(C(=O)c1ccc(NCC(=O)Nc2ccc(C(=O)N3CCCCC3)cc2)cc1)c1ccccc1. The van der Waals surface area contributed by atoms with Gasteiger partial charge in [-0.25, -0.2) is 0 Å². The summed E-state index contributed by atoms with van der Waals surface area (Å²) in [6.45, 7) is 1.69. The van der Waals surface area contributed by atoms with E-state index in [9.17, 15) is 14.4 Å². The lowest BCUT2D eigenvalue weighted by Gasteiger charge is -2.26. The molecule has 0 saturated carbocycles. The zero-order valence-corrected chi connectivity index (χ0v) is 19.9. The first-order chi connectivity index (χ1) is 17.0. The number of carbonyl (C=O) groups excluding carboxylic acids is 3. The second-order valence-corrected chi connectivity index (χ2v) is 8.61. The molecule has 3 aromatic carbocycles. The van der Waals surface area contributed by atoms with Gasteiger partial charge in [-0.2, -0.15) is 0 Å². The fourth-order valence-corrected chi connectivity index (χ4v) is 4.06. The van der Waals surface area contributed by atoms with Gasteiger partial charge in [0.05, 0.1) is 6.54 Å². The van der Waals surface area contributed by atoms with Crippen LogP contribution in [0.3, 0.4) is 0 Å². The number of carbonyl (C=O) groups is 3. The van der Waals surface area contributed by atoms with Crippen LogP contribution in [0.25, 0.3) is 0 Å². The molecule has 1 aliphatic heterocycles. The molecule has 1 saturated heterocycles. The number of anilines is 3. The molecule has 35 heavy (non-hydrogen) atoms. The van der Waals surface area contributed by atoms with Crippen molar-refractivity contribution in [3.63, 3.8) is 0 Å². The second-order valence-electron chi connectivity index (χ2n) is 8.61. The van der Waals surface area contributed by atoms with Gasteiger partial charge in [-0.05, 0) is 79.9 Å². The number of hydrogen-bond donors (Lipinski definition) is 2. The first kappa shape index (κ1) is 24.0. The summed E-state index contributed by atoms with van der Waals surface area (Å²) in [5, 5.41) is 5.90. The van der Waals surface area contributed by atoms with Gasteiger partial charge in [0.25, 0.3) is 11.8 Å². The number of nitrogens with one attached hydrogen (secondary N) is 2. The molecule has 0 aliphatic carbocycles. The summed E-state index contributed by atoms with van der Waals surface area (Å²) in [4.78, 5) is 41.1. The van der Waals surface area contributed by atoms with Crippen LogP contribution in [0.1, 0.15) is 40.0 Å². The second kappa shape index (κ2) is 11.3. The predicted molar refractivity (Wildman–Crippen MR) is 139 cm³/mol. The minimum Gasteiger partial charge on any atom is -0.376 e. The molecule has 1 fully saturated rings. The van der Waals surface area contributed by atoms with Crippen molar-refractivity contribution in [1.29, 1.82) is 0 Å². The van der Waals surface area contributed by atoms with Gasteiger partial charge in [0.1, 0.15) is 0 Å². The highest BCUT2D eigenvalue weighted by Gasteiger charge is 2.18. The fourth-order valence-electron chi connectivity index (χ4n) is 4.06. The van der Waals surface area contributed by atoms with E-state index in [1.54, 1.807) is 60.5 Å². The Morgan fingerprint density at radius 3 is 2.03 bits per heavy atom. The molecule has 0 aromatic heterocycles. The summed E-state index contributed by atoms with van der Waals surface area (Å²) < 4.78 is 0. The Morgan fingerprint density at radius 1 is 0.771 bits per heavy atom. The van der Waals surface area contributed by atoms with E-state index in [2.05, 4.69) is 10.6 Å². The molecule has 0 unspecified atom stereocenters. The number of piperidine rings is 1. The fraction of sp³-hybridized carbons (Fsp3) is 0.250. The van der Waals surface area contributed by atoms with E-state index in [0.717, 1.165) is 37.3 Å². The van der Waals surface area contributed by atoms with Crippen LogP contribution in [-0.4, -0.2) is 49.3 Å². The van der Waals surface area contributed by atoms with Crippen molar-refractivity contribution < 1.29 is 14.4 Å². The van der Waals surface area contributed by atoms with Crippen molar-refractivity contribution in [2.24, 2.45) is 0 Å². The summed E-state index contributed by atoms with van der Waals surface area (Å²) in [6, 6.07) is 23.5. The number of benzene rings is 3. The third-order valence-electron chi connectivity index (χ3n) is 6.09. The number of para-hydroxylation sites is 1. The van der Waals surface area contributed by atoms with E-state index in [1.165, 1.54) is 6.42 Å². The van der Waals surface area contributed by atoms with Crippen LogP contribution in [-0.2, 0) is 4.79 Å². The molecule has 7 nitrogen and oxygen atoms in total. The molecule has 3 amide bonds. The molecule has 1 heterocycles. The molecule has 4 rings (SSSR count). The van der Waals surface area contributed by atoms with Crippen molar-refractivity contribution in [2.75, 3.05) is 42.2 Å². The van der Waals surface area contributed by atoms with E-state index in [0.29, 0.717) is 16.8 Å². The Hall–Kier alpha value is -4.13. The Labute approximate surface area is 205 Å².